The number of rotatable bonds is 2. The molecule has 1 atom stereocenters. The third-order valence-electron chi connectivity index (χ3n) is 3.46. The molecule has 21 heavy (non-hydrogen) atoms. The van der Waals surface area contributed by atoms with Crippen molar-refractivity contribution in [2.75, 3.05) is 0 Å². The smallest absolute Gasteiger partial charge is 0.150 e. The molecule has 2 aromatic rings. The predicted molar refractivity (Wildman–Crippen MR) is 83.4 cm³/mol. The summed E-state index contributed by atoms with van der Waals surface area (Å²) < 4.78 is 14.3. The van der Waals surface area contributed by atoms with E-state index in [9.17, 15) is 4.39 Å². The third-order valence-corrected chi connectivity index (χ3v) is 3.75. The van der Waals surface area contributed by atoms with E-state index >= 15 is 0 Å². The van der Waals surface area contributed by atoms with Crippen LogP contribution in [0.5, 0.6) is 0 Å². The Labute approximate surface area is 127 Å². The molecule has 5 heteroatoms. The van der Waals surface area contributed by atoms with Gasteiger partial charge in [0.2, 0.25) is 0 Å². The van der Waals surface area contributed by atoms with Crippen LogP contribution in [-0.4, -0.2) is 11.5 Å². The van der Waals surface area contributed by atoms with Gasteiger partial charge in [-0.25, -0.2) is 4.39 Å². The molecular weight excluding hydrogens is 289 g/mol. The van der Waals surface area contributed by atoms with Crippen molar-refractivity contribution in [1.82, 2.24) is 0 Å². The van der Waals surface area contributed by atoms with Crippen LogP contribution in [0.1, 0.15) is 23.5 Å². The second-order valence-electron chi connectivity index (χ2n) is 4.85. The minimum absolute atomic E-state index is 0.0736. The molecule has 106 valence electrons. The maximum atomic E-state index is 14.3. The maximum absolute atomic E-state index is 14.3. The highest BCUT2D eigenvalue weighted by molar-refractivity contribution is 6.31. The average Bonchev–Trinajstić information content (AvgIpc) is 2.51. The van der Waals surface area contributed by atoms with Crippen molar-refractivity contribution in [3.05, 3.63) is 70.5 Å². The van der Waals surface area contributed by atoms with Crippen molar-refractivity contribution in [3.63, 3.8) is 0 Å². The number of benzene rings is 2. The summed E-state index contributed by atoms with van der Waals surface area (Å²) in [5, 5.41) is 8.10. The molecule has 1 aliphatic heterocycles. The Morgan fingerprint density at radius 1 is 1.05 bits per heavy atom. The van der Waals surface area contributed by atoms with E-state index in [-0.39, 0.29) is 10.9 Å². The topological polar surface area (TPSA) is 50.7 Å². The Morgan fingerprint density at radius 3 is 2.57 bits per heavy atom. The Balaban J connectivity index is 2.11. The molecule has 2 aromatic carbocycles. The fourth-order valence-electron chi connectivity index (χ4n) is 2.44. The average molecular weight is 302 g/mol. The van der Waals surface area contributed by atoms with E-state index in [1.165, 1.54) is 6.07 Å². The largest absolute Gasteiger partial charge is 0.386 e. The molecule has 0 aliphatic carbocycles. The van der Waals surface area contributed by atoms with Crippen molar-refractivity contribution >= 4 is 23.1 Å². The zero-order valence-electron chi connectivity index (χ0n) is 11.1. The summed E-state index contributed by atoms with van der Waals surface area (Å²) in [7, 11) is 0. The predicted octanol–water partition coefficient (Wildman–Crippen LogP) is 3.73. The molecule has 0 spiro atoms. The van der Waals surface area contributed by atoms with E-state index in [4.69, 9.17) is 17.3 Å². The lowest BCUT2D eigenvalue weighted by Crippen LogP contribution is -2.26. The van der Waals surface area contributed by atoms with Crippen LogP contribution in [-0.2, 0) is 0 Å². The van der Waals surface area contributed by atoms with Gasteiger partial charge in [0, 0.05) is 17.9 Å². The molecule has 0 fully saturated rings. The molecule has 0 amide bonds. The molecule has 1 aliphatic rings. The van der Waals surface area contributed by atoms with Gasteiger partial charge >= 0.3 is 0 Å². The molecule has 0 saturated heterocycles. The van der Waals surface area contributed by atoms with E-state index in [2.05, 4.69) is 10.2 Å². The summed E-state index contributed by atoms with van der Waals surface area (Å²) >= 11 is 5.86. The van der Waals surface area contributed by atoms with Gasteiger partial charge in [0.25, 0.3) is 0 Å². The van der Waals surface area contributed by atoms with Crippen LogP contribution >= 0.6 is 11.6 Å². The third kappa shape index (κ3) is 2.67. The van der Waals surface area contributed by atoms with Crippen LogP contribution in [0.4, 0.5) is 4.39 Å². The lowest BCUT2D eigenvalue weighted by Gasteiger charge is -2.22. The Bertz CT molecular complexity index is 726. The fraction of sp³-hybridized carbons (Fsp3) is 0.125. The number of hydrogen-bond acceptors (Lipinski definition) is 3. The summed E-state index contributed by atoms with van der Waals surface area (Å²) in [6, 6.07) is 14.6. The lowest BCUT2D eigenvalue weighted by molar-refractivity contribution is 0.624. The second-order valence-corrected chi connectivity index (χ2v) is 5.25. The van der Waals surface area contributed by atoms with Crippen molar-refractivity contribution in [2.45, 2.75) is 12.3 Å². The highest BCUT2D eigenvalue weighted by Gasteiger charge is 2.27. The summed E-state index contributed by atoms with van der Waals surface area (Å²) in [5.74, 6) is -0.166. The lowest BCUT2D eigenvalue weighted by atomic mass is 9.86. The summed E-state index contributed by atoms with van der Waals surface area (Å²) in [4.78, 5) is 0. The first-order chi connectivity index (χ1) is 10.2. The number of amidine groups is 1. The van der Waals surface area contributed by atoms with Gasteiger partial charge in [-0.1, -0.05) is 48.0 Å². The van der Waals surface area contributed by atoms with Gasteiger partial charge in [-0.2, -0.15) is 5.10 Å². The van der Waals surface area contributed by atoms with Gasteiger partial charge in [0.1, 0.15) is 5.84 Å². The fourth-order valence-corrected chi connectivity index (χ4v) is 2.61. The minimum atomic E-state index is -0.477. The van der Waals surface area contributed by atoms with Gasteiger partial charge in [-0.05, 0) is 17.7 Å². The Kier molecular flexibility index (Phi) is 3.71. The van der Waals surface area contributed by atoms with Crippen LogP contribution in [0, 0.1) is 5.82 Å². The molecule has 0 bridgehead atoms. The van der Waals surface area contributed by atoms with E-state index in [0.29, 0.717) is 23.5 Å². The standard InChI is InChI=1S/C16H13ClFN3/c17-13-8-4-7-11(15(13)18)16-12(9-14(19)20-21-16)10-5-2-1-3-6-10/h1-8,12H,9H2,(H2,19,20). The maximum Gasteiger partial charge on any atom is 0.150 e. The normalized spacial score (nSPS) is 18.1. The van der Waals surface area contributed by atoms with Gasteiger partial charge < -0.3 is 5.73 Å². The van der Waals surface area contributed by atoms with Crippen molar-refractivity contribution < 1.29 is 4.39 Å². The molecular formula is C16H13ClFN3. The summed E-state index contributed by atoms with van der Waals surface area (Å²) in [5.41, 5.74) is 7.74. The van der Waals surface area contributed by atoms with E-state index < -0.39 is 5.82 Å². The van der Waals surface area contributed by atoms with Gasteiger partial charge in [-0.15, -0.1) is 5.10 Å². The number of nitrogens with zero attached hydrogens (tertiary/aromatic N) is 2. The van der Waals surface area contributed by atoms with Gasteiger partial charge in [0.15, 0.2) is 5.82 Å². The first kappa shape index (κ1) is 13.8. The molecule has 0 radical (unpaired) electrons. The number of hydrogen-bond donors (Lipinski definition) is 1. The van der Waals surface area contributed by atoms with Crippen LogP contribution in [0.3, 0.4) is 0 Å². The highest BCUT2D eigenvalue weighted by atomic mass is 35.5. The minimum Gasteiger partial charge on any atom is -0.386 e. The zero-order valence-corrected chi connectivity index (χ0v) is 11.9. The molecule has 0 aromatic heterocycles. The van der Waals surface area contributed by atoms with Crippen LogP contribution in [0.2, 0.25) is 5.02 Å². The first-order valence-corrected chi connectivity index (χ1v) is 6.94. The van der Waals surface area contributed by atoms with Crippen molar-refractivity contribution in [2.24, 2.45) is 15.9 Å². The second kappa shape index (κ2) is 5.66. The monoisotopic (exact) mass is 301 g/mol. The van der Waals surface area contributed by atoms with Crippen LogP contribution in [0.15, 0.2) is 58.7 Å². The molecule has 3 nitrogen and oxygen atoms in total. The summed E-state index contributed by atoms with van der Waals surface area (Å²) in [6.07, 6.45) is 0.509. The highest BCUT2D eigenvalue weighted by Crippen LogP contribution is 2.30. The molecule has 2 N–H and O–H groups in total. The zero-order chi connectivity index (χ0) is 14.8. The van der Waals surface area contributed by atoms with Crippen LogP contribution < -0.4 is 5.73 Å². The van der Waals surface area contributed by atoms with E-state index in [1.807, 2.05) is 30.3 Å². The van der Waals surface area contributed by atoms with E-state index in [1.54, 1.807) is 12.1 Å². The molecule has 1 unspecified atom stereocenters. The molecule has 1 heterocycles. The van der Waals surface area contributed by atoms with Gasteiger partial charge in [0.05, 0.1) is 10.7 Å². The SMILES string of the molecule is NC1=NN=C(c2cccc(Cl)c2F)C(c2ccccc2)C1. The van der Waals surface area contributed by atoms with E-state index in [0.717, 1.165) is 5.56 Å². The van der Waals surface area contributed by atoms with Crippen molar-refractivity contribution in [3.8, 4) is 0 Å². The van der Waals surface area contributed by atoms with Crippen LogP contribution in [0.25, 0.3) is 0 Å². The van der Waals surface area contributed by atoms with Gasteiger partial charge in [-0.3, -0.25) is 0 Å². The Morgan fingerprint density at radius 2 is 1.81 bits per heavy atom. The quantitative estimate of drug-likeness (QED) is 0.903. The van der Waals surface area contributed by atoms with Crippen molar-refractivity contribution in [1.29, 1.82) is 0 Å². The Hall–Kier alpha value is -2.20. The molecule has 0 saturated carbocycles. The number of nitrogens with two attached hydrogens (primary N) is 1. The number of halogens is 2. The molecule has 3 rings (SSSR count). The first-order valence-electron chi connectivity index (χ1n) is 6.56. The summed E-state index contributed by atoms with van der Waals surface area (Å²) in [6.45, 7) is 0.